The summed E-state index contributed by atoms with van der Waals surface area (Å²) in [5, 5.41) is 7.65. The molecular formula is C8H13N3O2. The van der Waals surface area contributed by atoms with Crippen molar-refractivity contribution in [3.8, 4) is 0 Å². The van der Waals surface area contributed by atoms with Crippen molar-refractivity contribution in [2.45, 2.75) is 13.3 Å². The van der Waals surface area contributed by atoms with E-state index in [1.54, 1.807) is 7.05 Å². The Morgan fingerprint density at radius 3 is 2.77 bits per heavy atom. The number of nitrogens with one attached hydrogen (secondary N) is 1. The van der Waals surface area contributed by atoms with Gasteiger partial charge in [-0.15, -0.1) is 0 Å². The topological polar surface area (TPSA) is 61.8 Å². The molecule has 1 unspecified atom stereocenters. The van der Waals surface area contributed by atoms with Crippen LogP contribution in [0.4, 0.5) is 0 Å². The molecule has 0 aliphatic carbocycles. The van der Waals surface area contributed by atoms with E-state index in [4.69, 9.17) is 0 Å². The Morgan fingerprint density at radius 1 is 1.69 bits per heavy atom. The maximum absolute atomic E-state index is 11.4. The molecule has 1 N–H and O–H groups in total. The van der Waals surface area contributed by atoms with Crippen molar-refractivity contribution in [3.05, 3.63) is 0 Å². The number of amides is 2. The predicted octanol–water partition coefficient (Wildman–Crippen LogP) is -0.413. The van der Waals surface area contributed by atoms with Crippen molar-refractivity contribution >= 4 is 17.5 Å². The van der Waals surface area contributed by atoms with Crippen LogP contribution in [0, 0.1) is 5.92 Å². The van der Waals surface area contributed by atoms with Crippen molar-refractivity contribution in [2.24, 2.45) is 11.0 Å². The van der Waals surface area contributed by atoms with Gasteiger partial charge in [0, 0.05) is 14.1 Å². The van der Waals surface area contributed by atoms with Crippen LogP contribution in [0.3, 0.4) is 0 Å². The summed E-state index contributed by atoms with van der Waals surface area (Å²) in [5.74, 6) is -1.24. The lowest BCUT2D eigenvalue weighted by Gasteiger charge is -2.08. The Bertz CT molecular complexity index is 273. The lowest BCUT2D eigenvalue weighted by molar-refractivity contribution is -0.136. The molecule has 0 radical (unpaired) electrons. The fraction of sp³-hybridized carbons (Fsp3) is 0.625. The molecule has 0 aromatic heterocycles. The smallest absolute Gasteiger partial charge is 0.260 e. The summed E-state index contributed by atoms with van der Waals surface area (Å²) in [6, 6.07) is 0. The highest BCUT2D eigenvalue weighted by Crippen LogP contribution is 2.16. The number of rotatable bonds is 2. The molecule has 0 spiro atoms. The summed E-state index contributed by atoms with van der Waals surface area (Å²) in [5.41, 5.74) is 0.631. The third kappa shape index (κ3) is 1.54. The Balaban J connectivity index is 2.89. The minimum absolute atomic E-state index is 0.254. The van der Waals surface area contributed by atoms with Gasteiger partial charge in [-0.25, -0.2) is 5.01 Å². The summed E-state index contributed by atoms with van der Waals surface area (Å²) in [4.78, 5) is 22.7. The van der Waals surface area contributed by atoms with E-state index in [2.05, 4.69) is 10.4 Å². The average Bonchev–Trinajstić information content (AvgIpc) is 2.42. The lowest BCUT2D eigenvalue weighted by atomic mass is 10.0. The Hall–Kier alpha value is -1.39. The molecule has 1 atom stereocenters. The molecule has 5 heteroatoms. The SMILES string of the molecule is CCC1=NN(C)C(=O)C1C(=O)NC. The molecule has 0 saturated carbocycles. The summed E-state index contributed by atoms with van der Waals surface area (Å²) in [6.07, 6.45) is 0.619. The van der Waals surface area contributed by atoms with Gasteiger partial charge in [-0.3, -0.25) is 9.59 Å². The van der Waals surface area contributed by atoms with Crippen molar-refractivity contribution < 1.29 is 9.59 Å². The molecule has 0 saturated heterocycles. The van der Waals surface area contributed by atoms with Crippen LogP contribution in [0.25, 0.3) is 0 Å². The highest BCUT2D eigenvalue weighted by atomic mass is 16.2. The maximum Gasteiger partial charge on any atom is 0.260 e. The fourth-order valence-corrected chi connectivity index (χ4v) is 1.31. The summed E-state index contributed by atoms with van der Waals surface area (Å²) < 4.78 is 0. The molecule has 0 fully saturated rings. The van der Waals surface area contributed by atoms with Crippen LogP contribution >= 0.6 is 0 Å². The Morgan fingerprint density at radius 2 is 2.31 bits per heavy atom. The van der Waals surface area contributed by atoms with Gasteiger partial charge >= 0.3 is 0 Å². The molecule has 1 aliphatic heterocycles. The largest absolute Gasteiger partial charge is 0.358 e. The highest BCUT2D eigenvalue weighted by molar-refractivity contribution is 6.22. The zero-order valence-electron chi connectivity index (χ0n) is 8.00. The minimum Gasteiger partial charge on any atom is -0.358 e. The van der Waals surface area contributed by atoms with Gasteiger partial charge in [0.15, 0.2) is 5.92 Å². The number of hydrogen-bond donors (Lipinski definition) is 1. The first kappa shape index (κ1) is 9.70. The summed E-state index contributed by atoms with van der Waals surface area (Å²) >= 11 is 0. The standard InChI is InChI=1S/C8H13N3O2/c1-4-5-6(7(12)9-2)8(13)11(3)10-5/h6H,4H2,1-3H3,(H,9,12). The average molecular weight is 183 g/mol. The molecule has 5 nitrogen and oxygen atoms in total. The molecule has 13 heavy (non-hydrogen) atoms. The second-order valence-electron chi connectivity index (χ2n) is 2.85. The van der Waals surface area contributed by atoms with Crippen LogP contribution in [-0.4, -0.2) is 36.6 Å². The number of nitrogens with zero attached hydrogens (tertiary/aromatic N) is 2. The van der Waals surface area contributed by atoms with Crippen molar-refractivity contribution in [3.63, 3.8) is 0 Å². The molecule has 0 bridgehead atoms. The quantitative estimate of drug-likeness (QED) is 0.591. The van der Waals surface area contributed by atoms with Gasteiger partial charge in [0.2, 0.25) is 5.91 Å². The zero-order chi connectivity index (χ0) is 10.0. The van der Waals surface area contributed by atoms with E-state index in [1.807, 2.05) is 6.92 Å². The first-order chi connectivity index (χ1) is 6.11. The van der Waals surface area contributed by atoms with E-state index in [9.17, 15) is 9.59 Å². The number of hydrazone groups is 1. The van der Waals surface area contributed by atoms with Crippen molar-refractivity contribution in [1.29, 1.82) is 0 Å². The third-order valence-electron chi connectivity index (χ3n) is 2.05. The summed E-state index contributed by atoms with van der Waals surface area (Å²) in [7, 11) is 3.07. The number of carbonyl (C=O) groups excluding carboxylic acids is 2. The first-order valence-corrected chi connectivity index (χ1v) is 4.18. The monoisotopic (exact) mass is 183 g/mol. The van der Waals surface area contributed by atoms with Crippen LogP contribution < -0.4 is 5.32 Å². The minimum atomic E-state index is -0.708. The van der Waals surface area contributed by atoms with E-state index >= 15 is 0 Å². The molecule has 1 rings (SSSR count). The Kier molecular flexibility index (Phi) is 2.65. The molecule has 2 amide bonds. The molecule has 1 aliphatic rings. The van der Waals surface area contributed by atoms with Crippen LogP contribution in [0.2, 0.25) is 0 Å². The summed E-state index contributed by atoms with van der Waals surface area (Å²) in [6.45, 7) is 1.88. The van der Waals surface area contributed by atoms with Crippen LogP contribution in [0.15, 0.2) is 5.10 Å². The predicted molar refractivity (Wildman–Crippen MR) is 48.1 cm³/mol. The molecule has 0 aromatic rings. The second kappa shape index (κ2) is 3.55. The molecule has 72 valence electrons. The molecule has 0 aromatic carbocycles. The van der Waals surface area contributed by atoms with E-state index in [0.29, 0.717) is 12.1 Å². The van der Waals surface area contributed by atoms with E-state index in [1.165, 1.54) is 12.1 Å². The third-order valence-corrected chi connectivity index (χ3v) is 2.05. The van der Waals surface area contributed by atoms with Gasteiger partial charge in [0.05, 0.1) is 5.71 Å². The second-order valence-corrected chi connectivity index (χ2v) is 2.85. The van der Waals surface area contributed by atoms with E-state index in [0.717, 1.165) is 0 Å². The molecule has 1 heterocycles. The van der Waals surface area contributed by atoms with E-state index < -0.39 is 5.92 Å². The van der Waals surface area contributed by atoms with Gasteiger partial charge < -0.3 is 5.32 Å². The maximum atomic E-state index is 11.4. The van der Waals surface area contributed by atoms with Gasteiger partial charge in [0.25, 0.3) is 5.91 Å². The van der Waals surface area contributed by atoms with Gasteiger partial charge in [-0.2, -0.15) is 5.10 Å². The van der Waals surface area contributed by atoms with E-state index in [-0.39, 0.29) is 11.8 Å². The normalized spacial score (nSPS) is 21.8. The van der Waals surface area contributed by atoms with Gasteiger partial charge in [-0.1, -0.05) is 6.92 Å². The highest BCUT2D eigenvalue weighted by Gasteiger charge is 2.37. The lowest BCUT2D eigenvalue weighted by Crippen LogP contribution is -2.38. The van der Waals surface area contributed by atoms with Crippen LogP contribution in [-0.2, 0) is 9.59 Å². The first-order valence-electron chi connectivity index (χ1n) is 4.18. The van der Waals surface area contributed by atoms with Crippen LogP contribution in [0.5, 0.6) is 0 Å². The van der Waals surface area contributed by atoms with Crippen molar-refractivity contribution in [1.82, 2.24) is 10.3 Å². The van der Waals surface area contributed by atoms with Crippen LogP contribution in [0.1, 0.15) is 13.3 Å². The van der Waals surface area contributed by atoms with Gasteiger partial charge in [0.1, 0.15) is 0 Å². The van der Waals surface area contributed by atoms with Crippen molar-refractivity contribution in [2.75, 3.05) is 14.1 Å². The number of carbonyl (C=O) groups is 2. The Labute approximate surface area is 76.8 Å². The van der Waals surface area contributed by atoms with Gasteiger partial charge in [-0.05, 0) is 6.42 Å². The zero-order valence-corrected chi connectivity index (χ0v) is 8.00. The molecular weight excluding hydrogens is 170 g/mol. The number of hydrogen-bond acceptors (Lipinski definition) is 3. The fourth-order valence-electron chi connectivity index (χ4n) is 1.31.